The second kappa shape index (κ2) is 9.25. The summed E-state index contributed by atoms with van der Waals surface area (Å²) in [6.07, 6.45) is 0.784. The lowest BCUT2D eigenvalue weighted by molar-refractivity contribution is 0.0954. The number of nitrogens with zero attached hydrogens (tertiary/aromatic N) is 2. The minimum absolute atomic E-state index is 0.118. The van der Waals surface area contributed by atoms with Gasteiger partial charge in [0.1, 0.15) is 5.82 Å². The first-order chi connectivity index (χ1) is 15.0. The van der Waals surface area contributed by atoms with Crippen LogP contribution in [-0.4, -0.2) is 22.2 Å². The number of carbonyl (C=O) groups is 1. The molecule has 1 aromatic heterocycles. The fourth-order valence-electron chi connectivity index (χ4n) is 3.22. The molecule has 1 heterocycles. The molecule has 3 N–H and O–H groups in total. The molecular weight excluding hydrogens is 431 g/mol. The Kier molecular flexibility index (Phi) is 6.26. The lowest BCUT2D eigenvalue weighted by Crippen LogP contribution is -2.25. The standard InChI is InChI=1S/C24H20Cl2N4O/c25-20-11-8-18(14-21(20)26)22-15-23(27)30(29-22)19-9-6-17(7-10-19)24(31)28-13-12-16-4-2-1-3-5-16/h1-11,14-15H,12-13,27H2,(H,28,31). The van der Waals surface area contributed by atoms with Gasteiger partial charge in [-0.2, -0.15) is 5.10 Å². The third-order valence-electron chi connectivity index (χ3n) is 4.87. The van der Waals surface area contributed by atoms with Gasteiger partial charge in [-0.1, -0.05) is 59.6 Å². The van der Waals surface area contributed by atoms with Gasteiger partial charge in [0.2, 0.25) is 0 Å². The molecule has 31 heavy (non-hydrogen) atoms. The number of aromatic nitrogens is 2. The van der Waals surface area contributed by atoms with Crippen molar-refractivity contribution in [3.05, 3.63) is 100 Å². The van der Waals surface area contributed by atoms with E-state index >= 15 is 0 Å². The number of anilines is 1. The van der Waals surface area contributed by atoms with Gasteiger partial charge >= 0.3 is 0 Å². The van der Waals surface area contributed by atoms with E-state index in [1.807, 2.05) is 48.5 Å². The number of nitrogens with two attached hydrogens (primary N) is 1. The zero-order chi connectivity index (χ0) is 21.8. The first-order valence-electron chi connectivity index (χ1n) is 9.75. The Morgan fingerprint density at radius 3 is 2.39 bits per heavy atom. The number of carbonyl (C=O) groups excluding carboxylic acids is 1. The second-order valence-corrected chi connectivity index (χ2v) is 7.85. The van der Waals surface area contributed by atoms with Crippen molar-refractivity contribution in [2.45, 2.75) is 6.42 Å². The molecule has 1 amide bonds. The third-order valence-corrected chi connectivity index (χ3v) is 5.61. The summed E-state index contributed by atoms with van der Waals surface area (Å²) >= 11 is 12.1. The fourth-order valence-corrected chi connectivity index (χ4v) is 3.52. The van der Waals surface area contributed by atoms with E-state index in [-0.39, 0.29) is 5.91 Å². The Bertz CT molecular complexity index is 1200. The van der Waals surface area contributed by atoms with Crippen molar-refractivity contribution in [3.63, 3.8) is 0 Å². The minimum Gasteiger partial charge on any atom is -0.384 e. The number of hydrogen-bond donors (Lipinski definition) is 2. The van der Waals surface area contributed by atoms with Gasteiger partial charge in [-0.25, -0.2) is 4.68 Å². The maximum absolute atomic E-state index is 12.4. The number of halogens is 2. The minimum atomic E-state index is -0.118. The molecule has 0 spiro atoms. The highest BCUT2D eigenvalue weighted by atomic mass is 35.5. The molecule has 4 rings (SSSR count). The molecule has 5 nitrogen and oxygen atoms in total. The Morgan fingerprint density at radius 1 is 0.935 bits per heavy atom. The normalized spacial score (nSPS) is 10.8. The van der Waals surface area contributed by atoms with Crippen molar-refractivity contribution >= 4 is 34.9 Å². The lowest BCUT2D eigenvalue weighted by Gasteiger charge is -2.08. The van der Waals surface area contributed by atoms with Gasteiger partial charge in [-0.3, -0.25) is 4.79 Å². The molecular formula is C24H20Cl2N4O. The van der Waals surface area contributed by atoms with E-state index in [1.54, 1.807) is 35.0 Å². The molecule has 0 saturated carbocycles. The SMILES string of the molecule is Nc1cc(-c2ccc(Cl)c(Cl)c2)nn1-c1ccc(C(=O)NCCc2ccccc2)cc1. The van der Waals surface area contributed by atoms with Gasteiger partial charge in [0.25, 0.3) is 5.91 Å². The molecule has 0 aliphatic rings. The average molecular weight is 451 g/mol. The summed E-state index contributed by atoms with van der Waals surface area (Å²) < 4.78 is 1.62. The van der Waals surface area contributed by atoms with Crippen LogP contribution in [0.5, 0.6) is 0 Å². The van der Waals surface area contributed by atoms with Crippen LogP contribution in [0.15, 0.2) is 78.9 Å². The van der Waals surface area contributed by atoms with Crippen LogP contribution in [-0.2, 0) is 6.42 Å². The molecule has 0 aliphatic carbocycles. The average Bonchev–Trinajstić information content (AvgIpc) is 3.18. The number of nitrogen functional groups attached to an aromatic ring is 1. The van der Waals surface area contributed by atoms with Gasteiger partial charge < -0.3 is 11.1 Å². The topological polar surface area (TPSA) is 72.9 Å². The largest absolute Gasteiger partial charge is 0.384 e. The highest BCUT2D eigenvalue weighted by Crippen LogP contribution is 2.29. The van der Waals surface area contributed by atoms with Crippen LogP contribution in [0.1, 0.15) is 15.9 Å². The summed E-state index contributed by atoms with van der Waals surface area (Å²) in [6, 6.07) is 24.3. The highest BCUT2D eigenvalue weighted by molar-refractivity contribution is 6.42. The molecule has 156 valence electrons. The Balaban J connectivity index is 1.44. The lowest BCUT2D eigenvalue weighted by atomic mass is 10.1. The number of nitrogens with one attached hydrogen (secondary N) is 1. The zero-order valence-electron chi connectivity index (χ0n) is 16.6. The monoisotopic (exact) mass is 450 g/mol. The molecule has 0 atom stereocenters. The molecule has 0 saturated heterocycles. The van der Waals surface area contributed by atoms with Crippen molar-refractivity contribution in [1.29, 1.82) is 0 Å². The van der Waals surface area contributed by atoms with Gasteiger partial charge in [0.15, 0.2) is 0 Å². The quantitative estimate of drug-likeness (QED) is 0.412. The van der Waals surface area contributed by atoms with Gasteiger partial charge in [0, 0.05) is 23.7 Å². The van der Waals surface area contributed by atoms with E-state index in [0.717, 1.165) is 17.7 Å². The van der Waals surface area contributed by atoms with Gasteiger partial charge in [-0.05, 0) is 48.4 Å². The molecule has 0 aliphatic heterocycles. The maximum atomic E-state index is 12.4. The van der Waals surface area contributed by atoms with Crippen LogP contribution in [0.2, 0.25) is 10.0 Å². The van der Waals surface area contributed by atoms with Crippen molar-refractivity contribution in [3.8, 4) is 16.9 Å². The van der Waals surface area contributed by atoms with Crippen LogP contribution < -0.4 is 11.1 Å². The molecule has 0 bridgehead atoms. The molecule has 3 aromatic carbocycles. The number of hydrogen-bond acceptors (Lipinski definition) is 3. The molecule has 0 unspecified atom stereocenters. The Morgan fingerprint density at radius 2 is 1.68 bits per heavy atom. The van der Waals surface area contributed by atoms with E-state index in [4.69, 9.17) is 28.9 Å². The van der Waals surface area contributed by atoms with Crippen LogP contribution in [0.25, 0.3) is 16.9 Å². The third kappa shape index (κ3) is 4.90. The Labute approximate surface area is 190 Å². The second-order valence-electron chi connectivity index (χ2n) is 7.03. The van der Waals surface area contributed by atoms with Gasteiger partial charge in [-0.15, -0.1) is 0 Å². The smallest absolute Gasteiger partial charge is 0.251 e. The van der Waals surface area contributed by atoms with Crippen LogP contribution in [0.3, 0.4) is 0 Å². The maximum Gasteiger partial charge on any atom is 0.251 e. The van der Waals surface area contributed by atoms with E-state index < -0.39 is 0 Å². The Hall–Kier alpha value is -3.28. The fraction of sp³-hybridized carbons (Fsp3) is 0.0833. The van der Waals surface area contributed by atoms with Crippen molar-refractivity contribution < 1.29 is 4.79 Å². The molecule has 4 aromatic rings. The first-order valence-corrected chi connectivity index (χ1v) is 10.5. The number of rotatable bonds is 6. The van der Waals surface area contributed by atoms with E-state index in [1.165, 1.54) is 5.56 Å². The summed E-state index contributed by atoms with van der Waals surface area (Å²) in [4.78, 5) is 12.4. The predicted molar refractivity (Wildman–Crippen MR) is 126 cm³/mol. The van der Waals surface area contributed by atoms with Crippen LogP contribution in [0, 0.1) is 0 Å². The van der Waals surface area contributed by atoms with E-state index in [9.17, 15) is 4.79 Å². The van der Waals surface area contributed by atoms with Crippen molar-refractivity contribution in [2.24, 2.45) is 0 Å². The molecule has 0 radical (unpaired) electrons. The van der Waals surface area contributed by atoms with Crippen molar-refractivity contribution in [2.75, 3.05) is 12.3 Å². The van der Waals surface area contributed by atoms with Gasteiger partial charge in [0.05, 0.1) is 21.4 Å². The predicted octanol–water partition coefficient (Wildman–Crippen LogP) is 5.40. The summed E-state index contributed by atoms with van der Waals surface area (Å²) in [5.74, 6) is 0.355. The van der Waals surface area contributed by atoms with E-state index in [0.29, 0.717) is 33.7 Å². The summed E-state index contributed by atoms with van der Waals surface area (Å²) in [7, 11) is 0. The van der Waals surface area contributed by atoms with Crippen LogP contribution in [0.4, 0.5) is 5.82 Å². The van der Waals surface area contributed by atoms with Crippen molar-refractivity contribution in [1.82, 2.24) is 15.1 Å². The zero-order valence-corrected chi connectivity index (χ0v) is 18.1. The molecule has 0 fully saturated rings. The summed E-state index contributed by atoms with van der Waals surface area (Å²) in [6.45, 7) is 0.573. The van der Waals surface area contributed by atoms with Crippen LogP contribution >= 0.6 is 23.2 Å². The summed E-state index contributed by atoms with van der Waals surface area (Å²) in [5, 5.41) is 8.45. The highest BCUT2D eigenvalue weighted by Gasteiger charge is 2.12. The number of benzene rings is 3. The summed E-state index contributed by atoms with van der Waals surface area (Å²) in [5.41, 5.74) is 10.2. The molecule has 7 heteroatoms. The van der Waals surface area contributed by atoms with E-state index in [2.05, 4.69) is 10.4 Å². The first kappa shape index (κ1) is 21.0. The number of amides is 1.